The van der Waals surface area contributed by atoms with Gasteiger partial charge >= 0.3 is 0 Å². The highest BCUT2D eigenvalue weighted by Crippen LogP contribution is 2.27. The molecule has 1 aromatic heterocycles. The number of alkyl halides is 4. The topological polar surface area (TPSA) is 117 Å². The highest BCUT2D eigenvalue weighted by atomic mass is 19.3. The summed E-state index contributed by atoms with van der Waals surface area (Å²) in [5.74, 6) is 4.11. The Morgan fingerprint density at radius 3 is 2.41 bits per heavy atom. The summed E-state index contributed by atoms with van der Waals surface area (Å²) in [6.07, 6.45) is -2.72. The van der Waals surface area contributed by atoms with E-state index < -0.39 is 12.3 Å². The zero-order valence-electron chi connectivity index (χ0n) is 21.6. The summed E-state index contributed by atoms with van der Waals surface area (Å²) in [6, 6.07) is 8.78. The van der Waals surface area contributed by atoms with Crippen molar-refractivity contribution in [3.05, 3.63) is 53.4 Å². The van der Waals surface area contributed by atoms with E-state index in [0.717, 1.165) is 0 Å². The molecule has 2 aromatic rings. The SMILES string of the molecule is C/C(N)=C(\COc1ccc(N2CCN(CCN3CCC(F)(F)C3)C(=O)C2)nn1)N(N)c1ccc(C(F)F)cc1. The third-order valence-electron chi connectivity index (χ3n) is 6.73. The van der Waals surface area contributed by atoms with Gasteiger partial charge in [-0.2, -0.15) is 0 Å². The van der Waals surface area contributed by atoms with Crippen molar-refractivity contribution in [3.8, 4) is 5.88 Å². The first-order valence-electron chi connectivity index (χ1n) is 12.5. The third kappa shape index (κ3) is 7.26. The van der Waals surface area contributed by atoms with E-state index in [1.165, 1.54) is 29.3 Å². The highest BCUT2D eigenvalue weighted by Gasteiger charge is 2.38. The summed E-state index contributed by atoms with van der Waals surface area (Å²) in [7, 11) is 0. The Labute approximate surface area is 223 Å². The quantitative estimate of drug-likeness (QED) is 0.260. The van der Waals surface area contributed by atoms with E-state index in [4.69, 9.17) is 16.3 Å². The second-order valence-electron chi connectivity index (χ2n) is 9.59. The van der Waals surface area contributed by atoms with Gasteiger partial charge < -0.3 is 20.3 Å². The minimum Gasteiger partial charge on any atom is -0.470 e. The van der Waals surface area contributed by atoms with Crippen LogP contribution in [0, 0.1) is 0 Å². The van der Waals surface area contributed by atoms with Crippen molar-refractivity contribution in [3.63, 3.8) is 0 Å². The number of hydrazine groups is 1. The van der Waals surface area contributed by atoms with Crippen LogP contribution in [0.1, 0.15) is 25.3 Å². The fourth-order valence-electron chi connectivity index (χ4n) is 4.41. The van der Waals surface area contributed by atoms with Gasteiger partial charge in [0, 0.05) is 56.5 Å². The van der Waals surface area contributed by atoms with E-state index in [2.05, 4.69) is 10.2 Å². The number of hydrogen-bond donors (Lipinski definition) is 2. The largest absolute Gasteiger partial charge is 0.470 e. The molecule has 14 heteroatoms. The summed E-state index contributed by atoms with van der Waals surface area (Å²) >= 11 is 0. The number of aromatic nitrogens is 2. The molecule has 2 aliphatic heterocycles. The molecule has 0 spiro atoms. The van der Waals surface area contributed by atoms with E-state index in [1.807, 2.05) is 0 Å². The van der Waals surface area contributed by atoms with E-state index in [1.54, 1.807) is 33.8 Å². The first kappa shape index (κ1) is 28.4. The number of nitrogens with zero attached hydrogens (tertiary/aromatic N) is 6. The van der Waals surface area contributed by atoms with Crippen molar-refractivity contribution < 1.29 is 27.1 Å². The van der Waals surface area contributed by atoms with Gasteiger partial charge in [-0.05, 0) is 25.1 Å². The number of ether oxygens (including phenoxy) is 1. The molecule has 3 heterocycles. The molecule has 10 nitrogen and oxygen atoms in total. The molecule has 212 valence electrons. The Balaban J connectivity index is 1.28. The van der Waals surface area contributed by atoms with Gasteiger partial charge in [0.05, 0.1) is 24.5 Å². The summed E-state index contributed by atoms with van der Waals surface area (Å²) in [5, 5.41) is 9.49. The molecular formula is C25H32F4N8O2. The third-order valence-corrected chi connectivity index (χ3v) is 6.73. The monoisotopic (exact) mass is 552 g/mol. The Kier molecular flexibility index (Phi) is 8.75. The van der Waals surface area contributed by atoms with E-state index in [0.29, 0.717) is 55.6 Å². The minimum absolute atomic E-state index is 0.0520. The number of carbonyl (C=O) groups is 1. The lowest BCUT2D eigenvalue weighted by atomic mass is 10.2. The van der Waals surface area contributed by atoms with Crippen molar-refractivity contribution in [2.75, 3.05) is 62.3 Å². The minimum atomic E-state index is -2.65. The maximum Gasteiger partial charge on any atom is 0.263 e. The fraction of sp³-hybridized carbons (Fsp3) is 0.480. The van der Waals surface area contributed by atoms with Crippen molar-refractivity contribution in [2.24, 2.45) is 11.6 Å². The lowest BCUT2D eigenvalue weighted by Crippen LogP contribution is -2.52. The lowest BCUT2D eigenvalue weighted by molar-refractivity contribution is -0.131. The Morgan fingerprint density at radius 2 is 1.85 bits per heavy atom. The normalized spacial score (nSPS) is 18.5. The van der Waals surface area contributed by atoms with Gasteiger partial charge in [-0.1, -0.05) is 12.1 Å². The molecule has 4 rings (SSSR count). The molecule has 2 aliphatic rings. The number of benzene rings is 1. The molecule has 4 N–H and O–H groups in total. The molecule has 0 bridgehead atoms. The number of likely N-dealkylation sites (tertiary alicyclic amines) is 1. The highest BCUT2D eigenvalue weighted by molar-refractivity contribution is 5.82. The molecular weight excluding hydrogens is 520 g/mol. The molecule has 1 amide bonds. The van der Waals surface area contributed by atoms with Gasteiger partial charge in [-0.3, -0.25) is 14.7 Å². The summed E-state index contributed by atoms with van der Waals surface area (Å²) in [5.41, 5.74) is 7.08. The molecule has 0 radical (unpaired) electrons. The first-order chi connectivity index (χ1) is 18.5. The molecule has 0 saturated carbocycles. The Bertz CT molecular complexity index is 1160. The van der Waals surface area contributed by atoms with Crippen LogP contribution in [0.2, 0.25) is 0 Å². The van der Waals surface area contributed by atoms with Crippen molar-refractivity contribution in [1.82, 2.24) is 20.0 Å². The van der Waals surface area contributed by atoms with Crippen molar-refractivity contribution in [1.29, 1.82) is 0 Å². The number of amides is 1. The Hall–Kier alpha value is -3.65. The zero-order chi connectivity index (χ0) is 28.2. The van der Waals surface area contributed by atoms with Crippen LogP contribution >= 0.6 is 0 Å². The molecule has 0 unspecified atom stereocenters. The van der Waals surface area contributed by atoms with Crippen molar-refractivity contribution in [2.45, 2.75) is 25.7 Å². The predicted octanol–water partition coefficient (Wildman–Crippen LogP) is 2.35. The van der Waals surface area contributed by atoms with Crippen LogP contribution in [0.25, 0.3) is 0 Å². The van der Waals surface area contributed by atoms with Crippen LogP contribution in [-0.4, -0.2) is 84.2 Å². The molecule has 1 aromatic carbocycles. The van der Waals surface area contributed by atoms with Crippen LogP contribution in [-0.2, 0) is 4.79 Å². The first-order valence-corrected chi connectivity index (χ1v) is 12.5. The average Bonchev–Trinajstić information content (AvgIpc) is 3.26. The van der Waals surface area contributed by atoms with Crippen molar-refractivity contribution >= 4 is 17.4 Å². The van der Waals surface area contributed by atoms with Gasteiger partial charge in [-0.15, -0.1) is 10.2 Å². The van der Waals surface area contributed by atoms with E-state index in [-0.39, 0.29) is 43.5 Å². The van der Waals surface area contributed by atoms with E-state index >= 15 is 0 Å². The summed E-state index contributed by atoms with van der Waals surface area (Å²) < 4.78 is 58.1. The Morgan fingerprint density at radius 1 is 1.10 bits per heavy atom. The number of rotatable bonds is 10. The molecule has 39 heavy (non-hydrogen) atoms. The molecule has 0 atom stereocenters. The molecule has 0 aliphatic carbocycles. The van der Waals surface area contributed by atoms with Crippen LogP contribution in [0.5, 0.6) is 5.88 Å². The van der Waals surface area contributed by atoms with Crippen LogP contribution in [0.15, 0.2) is 47.8 Å². The predicted molar refractivity (Wildman–Crippen MR) is 137 cm³/mol. The second-order valence-corrected chi connectivity index (χ2v) is 9.59. The number of anilines is 2. The second kappa shape index (κ2) is 12.0. The maximum absolute atomic E-state index is 13.4. The average molecular weight is 553 g/mol. The van der Waals surface area contributed by atoms with Gasteiger partial charge in [-0.25, -0.2) is 23.4 Å². The number of nitrogens with two attached hydrogens (primary N) is 2. The number of carbonyl (C=O) groups excluding carboxylic acids is 1. The van der Waals surface area contributed by atoms with Gasteiger partial charge in [0.1, 0.15) is 6.61 Å². The maximum atomic E-state index is 13.4. The number of halogens is 4. The summed E-state index contributed by atoms with van der Waals surface area (Å²) in [4.78, 5) is 17.8. The lowest BCUT2D eigenvalue weighted by Gasteiger charge is -2.35. The van der Waals surface area contributed by atoms with Crippen LogP contribution < -0.4 is 26.2 Å². The standard InChI is InChI=1S/C25H32F4N8O2/c1-17(30)20(37(31)19-4-2-18(3-5-19)24(26)27)15-39-22-7-6-21(32-33-22)36-13-12-35(23(38)14-36)11-10-34-9-8-25(28,29)16-34/h2-7,24H,8-16,30-31H2,1H3/b20-17-. The van der Waals surface area contributed by atoms with Gasteiger partial charge in [0.2, 0.25) is 11.8 Å². The van der Waals surface area contributed by atoms with Crippen LogP contribution in [0.4, 0.5) is 29.1 Å². The molecule has 2 fully saturated rings. The van der Waals surface area contributed by atoms with Gasteiger partial charge in [0.15, 0.2) is 5.82 Å². The fourth-order valence-corrected chi connectivity index (χ4v) is 4.41. The zero-order valence-corrected chi connectivity index (χ0v) is 21.6. The molecule has 2 saturated heterocycles. The van der Waals surface area contributed by atoms with Crippen LogP contribution in [0.3, 0.4) is 0 Å². The van der Waals surface area contributed by atoms with Gasteiger partial charge in [0.25, 0.3) is 12.3 Å². The smallest absolute Gasteiger partial charge is 0.263 e. The number of hydrogen-bond acceptors (Lipinski definition) is 9. The number of piperazine rings is 1. The number of allylic oxidation sites excluding steroid dienone is 1. The van der Waals surface area contributed by atoms with E-state index in [9.17, 15) is 22.4 Å². The summed E-state index contributed by atoms with van der Waals surface area (Å²) in [6.45, 7) is 3.59.